The van der Waals surface area contributed by atoms with Crippen molar-refractivity contribution in [2.75, 3.05) is 13.6 Å². The fraction of sp³-hybridized carbons (Fsp3) is 0.294. The van der Waals surface area contributed by atoms with Gasteiger partial charge in [-0.15, -0.1) is 11.8 Å². The zero-order chi connectivity index (χ0) is 16.4. The summed E-state index contributed by atoms with van der Waals surface area (Å²) in [6, 6.07) is 9.84. The number of hydrogen-bond acceptors (Lipinski definition) is 4. The molecule has 2 aromatic rings. The summed E-state index contributed by atoms with van der Waals surface area (Å²) in [5, 5.41) is 11.3. The van der Waals surface area contributed by atoms with Gasteiger partial charge in [-0.05, 0) is 36.4 Å². The van der Waals surface area contributed by atoms with Gasteiger partial charge < -0.3 is 4.90 Å². The van der Waals surface area contributed by atoms with Crippen LogP contribution in [0.15, 0.2) is 29.3 Å². The van der Waals surface area contributed by atoms with Crippen molar-refractivity contribution in [2.45, 2.75) is 23.7 Å². The predicted molar refractivity (Wildman–Crippen MR) is 95.0 cm³/mol. The maximum absolute atomic E-state index is 9.41. The van der Waals surface area contributed by atoms with Crippen LogP contribution in [0.5, 0.6) is 0 Å². The summed E-state index contributed by atoms with van der Waals surface area (Å²) in [6.45, 7) is 1.86. The van der Waals surface area contributed by atoms with Gasteiger partial charge in [-0.2, -0.15) is 5.26 Å². The molecule has 3 nitrogen and oxygen atoms in total. The first kappa shape index (κ1) is 16.6. The van der Waals surface area contributed by atoms with E-state index in [9.17, 15) is 5.26 Å². The van der Waals surface area contributed by atoms with Crippen LogP contribution in [0.25, 0.3) is 0 Å². The average molecular weight is 364 g/mol. The molecule has 118 valence electrons. The molecule has 0 bridgehead atoms. The molecule has 2 heterocycles. The largest absolute Gasteiger partial charge is 0.302 e. The number of nitrogens with zero attached hydrogens (tertiary/aromatic N) is 3. The van der Waals surface area contributed by atoms with Gasteiger partial charge in [-0.3, -0.25) is 0 Å². The molecule has 0 spiro atoms. The number of thioether (sulfide) groups is 1. The molecule has 3 rings (SSSR count). The zero-order valence-corrected chi connectivity index (χ0v) is 15.0. The lowest BCUT2D eigenvalue weighted by atomic mass is 10.0. The first-order chi connectivity index (χ1) is 11.1. The summed E-state index contributed by atoms with van der Waals surface area (Å²) in [6.07, 6.45) is 0.928. The zero-order valence-electron chi connectivity index (χ0n) is 12.6. The Labute approximate surface area is 150 Å². The Balaban J connectivity index is 1.82. The van der Waals surface area contributed by atoms with Crippen molar-refractivity contribution in [3.63, 3.8) is 0 Å². The molecule has 1 aliphatic rings. The number of aromatic nitrogens is 1. The third-order valence-electron chi connectivity index (χ3n) is 3.81. The van der Waals surface area contributed by atoms with E-state index in [1.54, 1.807) is 17.8 Å². The summed E-state index contributed by atoms with van der Waals surface area (Å²) < 4.78 is 0. The Bertz CT molecular complexity index is 786. The summed E-state index contributed by atoms with van der Waals surface area (Å²) >= 11 is 13.6. The maximum Gasteiger partial charge on any atom is 0.114 e. The molecule has 1 aromatic carbocycles. The molecule has 0 aliphatic carbocycles. The molecule has 0 unspecified atom stereocenters. The first-order valence-electron chi connectivity index (χ1n) is 7.25. The summed E-state index contributed by atoms with van der Waals surface area (Å²) in [7, 11) is 2.09. The SMILES string of the molecule is CN1CCc2nc(SCc3ccc(Cl)c(Cl)c3)c(C#N)cc2C1. The van der Waals surface area contributed by atoms with E-state index in [0.717, 1.165) is 41.4 Å². The van der Waals surface area contributed by atoms with Crippen LogP contribution in [0, 0.1) is 11.3 Å². The van der Waals surface area contributed by atoms with Gasteiger partial charge in [-0.1, -0.05) is 29.3 Å². The highest BCUT2D eigenvalue weighted by Crippen LogP contribution is 2.30. The van der Waals surface area contributed by atoms with Gasteiger partial charge in [0.25, 0.3) is 0 Å². The second-order valence-electron chi connectivity index (χ2n) is 5.58. The van der Waals surface area contributed by atoms with Crippen molar-refractivity contribution >= 4 is 35.0 Å². The fourth-order valence-electron chi connectivity index (χ4n) is 2.57. The predicted octanol–water partition coefficient (Wildman–Crippen LogP) is 4.54. The molecule has 0 atom stereocenters. The summed E-state index contributed by atoms with van der Waals surface area (Å²) in [4.78, 5) is 6.97. The number of hydrogen-bond donors (Lipinski definition) is 0. The minimum absolute atomic E-state index is 0.548. The van der Waals surface area contributed by atoms with Crippen molar-refractivity contribution < 1.29 is 0 Å². The average Bonchev–Trinajstić information content (AvgIpc) is 2.55. The topological polar surface area (TPSA) is 39.9 Å². The lowest BCUT2D eigenvalue weighted by molar-refractivity contribution is 0.309. The molecule has 1 aromatic heterocycles. The number of nitriles is 1. The molecule has 23 heavy (non-hydrogen) atoms. The Kier molecular flexibility index (Phi) is 5.13. The highest BCUT2D eigenvalue weighted by molar-refractivity contribution is 7.98. The second-order valence-corrected chi connectivity index (χ2v) is 7.36. The molecule has 0 radical (unpaired) electrons. The van der Waals surface area contributed by atoms with Gasteiger partial charge in [0, 0.05) is 31.0 Å². The first-order valence-corrected chi connectivity index (χ1v) is 8.99. The van der Waals surface area contributed by atoms with E-state index in [1.165, 1.54) is 0 Å². The molecule has 0 amide bonds. The standard InChI is InChI=1S/C17H15Cl2N3S/c1-22-5-4-16-13(9-22)7-12(8-20)17(21-16)23-10-11-2-3-14(18)15(19)6-11/h2-3,6-7H,4-5,9-10H2,1H3. The van der Waals surface area contributed by atoms with Crippen molar-refractivity contribution in [2.24, 2.45) is 0 Å². The molecular weight excluding hydrogens is 349 g/mol. The fourth-order valence-corrected chi connectivity index (χ4v) is 3.80. The lowest BCUT2D eigenvalue weighted by Gasteiger charge is -2.24. The summed E-state index contributed by atoms with van der Waals surface area (Å²) in [5.74, 6) is 0.706. The van der Waals surface area contributed by atoms with E-state index >= 15 is 0 Å². The molecule has 0 fully saturated rings. The monoisotopic (exact) mass is 363 g/mol. The third-order valence-corrected chi connectivity index (χ3v) is 5.61. The molecule has 0 saturated carbocycles. The number of likely N-dealkylation sites (N-methyl/N-ethyl adjacent to an activating group) is 1. The minimum Gasteiger partial charge on any atom is -0.302 e. The van der Waals surface area contributed by atoms with Crippen molar-refractivity contribution in [1.29, 1.82) is 5.26 Å². The van der Waals surface area contributed by atoms with Gasteiger partial charge in [0.05, 0.1) is 15.6 Å². The van der Waals surface area contributed by atoms with Crippen LogP contribution in [0.4, 0.5) is 0 Å². The van der Waals surface area contributed by atoms with E-state index in [2.05, 4.69) is 18.0 Å². The highest BCUT2D eigenvalue weighted by Gasteiger charge is 2.18. The van der Waals surface area contributed by atoms with Crippen LogP contribution in [0.3, 0.4) is 0 Å². The normalized spacial score (nSPS) is 14.3. The Hall–Kier alpha value is -1.25. The molecule has 0 N–H and O–H groups in total. The number of fused-ring (bicyclic) bond motifs is 1. The third kappa shape index (κ3) is 3.81. The number of halogens is 2. The number of pyridine rings is 1. The van der Waals surface area contributed by atoms with E-state index in [0.29, 0.717) is 21.4 Å². The Morgan fingerprint density at radius 2 is 2.13 bits per heavy atom. The molecule has 6 heteroatoms. The van der Waals surface area contributed by atoms with Crippen molar-refractivity contribution in [1.82, 2.24) is 9.88 Å². The van der Waals surface area contributed by atoms with E-state index in [1.807, 2.05) is 18.2 Å². The van der Waals surface area contributed by atoms with E-state index in [4.69, 9.17) is 28.2 Å². The van der Waals surface area contributed by atoms with Crippen LogP contribution in [0.2, 0.25) is 10.0 Å². The molecule has 0 saturated heterocycles. The molecule has 1 aliphatic heterocycles. The van der Waals surface area contributed by atoms with Crippen molar-refractivity contribution in [3.8, 4) is 6.07 Å². The van der Waals surface area contributed by atoms with Crippen LogP contribution >= 0.6 is 35.0 Å². The second kappa shape index (κ2) is 7.11. The number of benzene rings is 1. The molecular formula is C17H15Cl2N3S. The van der Waals surface area contributed by atoms with Gasteiger partial charge in [0.2, 0.25) is 0 Å². The smallest absolute Gasteiger partial charge is 0.114 e. The van der Waals surface area contributed by atoms with Crippen LogP contribution in [0.1, 0.15) is 22.4 Å². The van der Waals surface area contributed by atoms with E-state index < -0.39 is 0 Å². The van der Waals surface area contributed by atoms with Gasteiger partial charge in [0.15, 0.2) is 0 Å². The lowest BCUT2D eigenvalue weighted by Crippen LogP contribution is -2.27. The number of rotatable bonds is 3. The Morgan fingerprint density at radius 1 is 1.30 bits per heavy atom. The van der Waals surface area contributed by atoms with Gasteiger partial charge in [-0.25, -0.2) is 4.98 Å². The maximum atomic E-state index is 9.41. The quantitative estimate of drug-likeness (QED) is 0.750. The van der Waals surface area contributed by atoms with Crippen molar-refractivity contribution in [3.05, 3.63) is 56.7 Å². The summed E-state index contributed by atoms with van der Waals surface area (Å²) in [5.41, 5.74) is 3.98. The van der Waals surface area contributed by atoms with Crippen LogP contribution in [-0.4, -0.2) is 23.5 Å². The van der Waals surface area contributed by atoms with Gasteiger partial charge in [0.1, 0.15) is 11.1 Å². The van der Waals surface area contributed by atoms with Crippen LogP contribution in [-0.2, 0) is 18.7 Å². The minimum atomic E-state index is 0.548. The van der Waals surface area contributed by atoms with Crippen LogP contribution < -0.4 is 0 Å². The Morgan fingerprint density at radius 3 is 2.87 bits per heavy atom. The van der Waals surface area contributed by atoms with Gasteiger partial charge >= 0.3 is 0 Å². The highest BCUT2D eigenvalue weighted by atomic mass is 35.5. The van der Waals surface area contributed by atoms with E-state index in [-0.39, 0.29) is 0 Å².